The molecule has 3 aromatic rings. The molecule has 20 heavy (non-hydrogen) atoms. The van der Waals surface area contributed by atoms with E-state index in [0.717, 1.165) is 24.5 Å². The zero-order valence-corrected chi connectivity index (χ0v) is 12.3. The summed E-state index contributed by atoms with van der Waals surface area (Å²) in [5.74, 6) is 0. The van der Waals surface area contributed by atoms with Gasteiger partial charge in [-0.15, -0.1) is 11.3 Å². The van der Waals surface area contributed by atoms with Crippen LogP contribution in [0.3, 0.4) is 0 Å². The molecule has 0 fully saturated rings. The number of thiazole rings is 1. The van der Waals surface area contributed by atoms with Crippen LogP contribution in [0.15, 0.2) is 42.9 Å². The SMILES string of the molecule is CCc1cnc(CNCc2cccc3cnccc23)s1. The summed E-state index contributed by atoms with van der Waals surface area (Å²) in [6, 6.07) is 8.42. The van der Waals surface area contributed by atoms with E-state index in [9.17, 15) is 0 Å². The van der Waals surface area contributed by atoms with E-state index in [0.29, 0.717) is 0 Å². The molecule has 2 heterocycles. The molecule has 0 aliphatic heterocycles. The van der Waals surface area contributed by atoms with Crippen molar-refractivity contribution in [2.75, 3.05) is 0 Å². The molecule has 4 heteroatoms. The maximum absolute atomic E-state index is 4.43. The largest absolute Gasteiger partial charge is 0.306 e. The van der Waals surface area contributed by atoms with Gasteiger partial charge >= 0.3 is 0 Å². The Morgan fingerprint density at radius 3 is 2.95 bits per heavy atom. The van der Waals surface area contributed by atoms with E-state index in [-0.39, 0.29) is 0 Å². The second-order valence-corrected chi connectivity index (χ2v) is 5.89. The van der Waals surface area contributed by atoms with Gasteiger partial charge in [0.2, 0.25) is 0 Å². The highest BCUT2D eigenvalue weighted by molar-refractivity contribution is 7.11. The molecule has 1 N–H and O–H groups in total. The molecule has 0 unspecified atom stereocenters. The molecular formula is C16H17N3S. The van der Waals surface area contributed by atoms with Crippen LogP contribution in [0, 0.1) is 0 Å². The van der Waals surface area contributed by atoms with Crippen molar-refractivity contribution in [3.05, 3.63) is 58.3 Å². The predicted molar refractivity (Wildman–Crippen MR) is 83.8 cm³/mol. The van der Waals surface area contributed by atoms with Crippen molar-refractivity contribution in [2.24, 2.45) is 0 Å². The van der Waals surface area contributed by atoms with Crippen molar-refractivity contribution in [3.8, 4) is 0 Å². The summed E-state index contributed by atoms with van der Waals surface area (Å²) in [5, 5.41) is 7.09. The molecule has 0 aliphatic carbocycles. The van der Waals surface area contributed by atoms with E-state index in [2.05, 4.69) is 46.5 Å². The summed E-state index contributed by atoms with van der Waals surface area (Å²) in [7, 11) is 0. The van der Waals surface area contributed by atoms with Crippen LogP contribution in [0.2, 0.25) is 0 Å². The first kappa shape index (κ1) is 13.2. The number of rotatable bonds is 5. The summed E-state index contributed by atoms with van der Waals surface area (Å²) in [6.07, 6.45) is 6.80. The van der Waals surface area contributed by atoms with E-state index in [1.54, 1.807) is 11.3 Å². The van der Waals surface area contributed by atoms with Gasteiger partial charge in [-0.2, -0.15) is 0 Å². The molecular weight excluding hydrogens is 266 g/mol. The van der Waals surface area contributed by atoms with Crippen LogP contribution in [0.4, 0.5) is 0 Å². The Morgan fingerprint density at radius 1 is 1.15 bits per heavy atom. The monoisotopic (exact) mass is 283 g/mol. The third kappa shape index (κ3) is 2.86. The number of hydrogen-bond acceptors (Lipinski definition) is 4. The third-order valence-corrected chi connectivity index (χ3v) is 4.45. The van der Waals surface area contributed by atoms with Crippen LogP contribution in [0.5, 0.6) is 0 Å². The van der Waals surface area contributed by atoms with Gasteiger partial charge in [-0.05, 0) is 23.4 Å². The quantitative estimate of drug-likeness (QED) is 0.778. The molecule has 0 aliphatic rings. The molecule has 0 saturated heterocycles. The van der Waals surface area contributed by atoms with Crippen LogP contribution >= 0.6 is 11.3 Å². The van der Waals surface area contributed by atoms with Crippen molar-refractivity contribution in [1.82, 2.24) is 15.3 Å². The molecule has 1 aromatic carbocycles. The summed E-state index contributed by atoms with van der Waals surface area (Å²) in [6.45, 7) is 3.84. The predicted octanol–water partition coefficient (Wildman–Crippen LogP) is 3.54. The molecule has 3 nitrogen and oxygen atoms in total. The van der Waals surface area contributed by atoms with Crippen molar-refractivity contribution in [1.29, 1.82) is 0 Å². The second kappa shape index (κ2) is 6.11. The highest BCUT2D eigenvalue weighted by Crippen LogP contribution is 2.18. The fourth-order valence-electron chi connectivity index (χ4n) is 2.24. The first-order valence-electron chi connectivity index (χ1n) is 6.82. The van der Waals surface area contributed by atoms with E-state index in [1.165, 1.54) is 21.2 Å². The number of hydrogen-bond donors (Lipinski definition) is 1. The Bertz CT molecular complexity index is 700. The van der Waals surface area contributed by atoms with Crippen LogP contribution in [-0.4, -0.2) is 9.97 Å². The third-order valence-electron chi connectivity index (χ3n) is 3.31. The Hall–Kier alpha value is -1.78. The van der Waals surface area contributed by atoms with Gasteiger partial charge in [-0.3, -0.25) is 4.98 Å². The maximum atomic E-state index is 4.43. The first-order chi connectivity index (χ1) is 9.86. The number of fused-ring (bicyclic) bond motifs is 1. The number of benzene rings is 1. The highest BCUT2D eigenvalue weighted by atomic mass is 32.1. The molecule has 3 rings (SSSR count). The molecule has 0 atom stereocenters. The average Bonchev–Trinajstić information content (AvgIpc) is 2.95. The Balaban J connectivity index is 1.68. The van der Waals surface area contributed by atoms with E-state index in [4.69, 9.17) is 0 Å². The van der Waals surface area contributed by atoms with Crippen molar-refractivity contribution in [3.63, 3.8) is 0 Å². The minimum atomic E-state index is 0.826. The van der Waals surface area contributed by atoms with Crippen molar-refractivity contribution >= 4 is 22.1 Å². The van der Waals surface area contributed by atoms with E-state index < -0.39 is 0 Å². The molecule has 0 radical (unpaired) electrons. The molecule has 0 amide bonds. The standard InChI is InChI=1S/C16H17N3S/c1-2-14-10-19-16(20-14)11-18-9-13-5-3-4-12-8-17-7-6-15(12)13/h3-8,10,18H,2,9,11H2,1H3. The average molecular weight is 283 g/mol. The van der Waals surface area contributed by atoms with Crippen LogP contribution in [0.1, 0.15) is 22.4 Å². The molecule has 2 aromatic heterocycles. The molecule has 102 valence electrons. The van der Waals surface area contributed by atoms with Crippen molar-refractivity contribution in [2.45, 2.75) is 26.4 Å². The van der Waals surface area contributed by atoms with Gasteiger partial charge in [0, 0.05) is 41.9 Å². The summed E-state index contributed by atoms with van der Waals surface area (Å²) >= 11 is 1.79. The molecule has 0 bridgehead atoms. The van der Waals surface area contributed by atoms with Gasteiger partial charge in [-0.1, -0.05) is 25.1 Å². The number of pyridine rings is 1. The summed E-state index contributed by atoms with van der Waals surface area (Å²) in [5.41, 5.74) is 1.30. The zero-order valence-electron chi connectivity index (χ0n) is 11.5. The summed E-state index contributed by atoms with van der Waals surface area (Å²) in [4.78, 5) is 9.94. The van der Waals surface area contributed by atoms with Gasteiger partial charge in [0.15, 0.2) is 0 Å². The van der Waals surface area contributed by atoms with Crippen LogP contribution in [-0.2, 0) is 19.5 Å². The lowest BCUT2D eigenvalue weighted by molar-refractivity contribution is 0.693. The number of nitrogens with zero attached hydrogens (tertiary/aromatic N) is 2. The fraction of sp³-hybridized carbons (Fsp3) is 0.250. The Labute approximate surface area is 122 Å². The lowest BCUT2D eigenvalue weighted by atomic mass is 10.1. The fourth-order valence-corrected chi connectivity index (χ4v) is 3.07. The van der Waals surface area contributed by atoms with Gasteiger partial charge in [0.25, 0.3) is 0 Å². The number of aromatic nitrogens is 2. The van der Waals surface area contributed by atoms with E-state index >= 15 is 0 Å². The van der Waals surface area contributed by atoms with E-state index in [1.807, 2.05) is 18.6 Å². The minimum absolute atomic E-state index is 0.826. The lowest BCUT2D eigenvalue weighted by Gasteiger charge is -2.06. The smallest absolute Gasteiger partial charge is 0.107 e. The van der Waals surface area contributed by atoms with Crippen LogP contribution < -0.4 is 5.32 Å². The topological polar surface area (TPSA) is 37.8 Å². The Kier molecular flexibility index (Phi) is 4.04. The molecule has 0 spiro atoms. The summed E-state index contributed by atoms with van der Waals surface area (Å²) < 4.78 is 0. The lowest BCUT2D eigenvalue weighted by Crippen LogP contribution is -2.12. The normalized spacial score (nSPS) is 11.1. The van der Waals surface area contributed by atoms with Gasteiger partial charge in [0.05, 0.1) is 0 Å². The maximum Gasteiger partial charge on any atom is 0.107 e. The first-order valence-corrected chi connectivity index (χ1v) is 7.64. The van der Waals surface area contributed by atoms with Gasteiger partial charge in [0.1, 0.15) is 5.01 Å². The number of aryl methyl sites for hydroxylation is 1. The molecule has 0 saturated carbocycles. The second-order valence-electron chi connectivity index (χ2n) is 4.69. The van der Waals surface area contributed by atoms with Gasteiger partial charge in [-0.25, -0.2) is 4.98 Å². The Morgan fingerprint density at radius 2 is 2.10 bits per heavy atom. The van der Waals surface area contributed by atoms with Gasteiger partial charge < -0.3 is 5.32 Å². The number of nitrogens with one attached hydrogen (secondary N) is 1. The zero-order chi connectivity index (χ0) is 13.8. The van der Waals surface area contributed by atoms with Crippen LogP contribution in [0.25, 0.3) is 10.8 Å². The highest BCUT2D eigenvalue weighted by Gasteiger charge is 2.02. The van der Waals surface area contributed by atoms with Crippen molar-refractivity contribution < 1.29 is 0 Å². The minimum Gasteiger partial charge on any atom is -0.306 e.